The van der Waals surface area contributed by atoms with Crippen molar-refractivity contribution >= 4 is 5.97 Å². The first-order valence-corrected chi connectivity index (χ1v) is 5.29. The molecule has 0 aromatic rings. The molecule has 4 heteroatoms. The molecule has 0 N–H and O–H groups in total. The Morgan fingerprint density at radius 3 is 2.60 bits per heavy atom. The van der Waals surface area contributed by atoms with E-state index in [9.17, 15) is 4.79 Å². The van der Waals surface area contributed by atoms with Gasteiger partial charge in [-0.15, -0.1) is 0 Å². The van der Waals surface area contributed by atoms with Crippen LogP contribution in [0.3, 0.4) is 0 Å². The largest absolute Gasteiger partial charge is 0.458 e. The Hall–Kier alpha value is -0.870. The first kappa shape index (κ1) is 9.36. The van der Waals surface area contributed by atoms with Gasteiger partial charge in [-0.25, -0.2) is 4.79 Å². The van der Waals surface area contributed by atoms with Gasteiger partial charge < -0.3 is 14.2 Å². The molecule has 3 rings (SSSR count). The molecule has 15 heavy (non-hydrogen) atoms. The van der Waals surface area contributed by atoms with Gasteiger partial charge in [0, 0.05) is 18.4 Å². The van der Waals surface area contributed by atoms with Gasteiger partial charge in [0.2, 0.25) is 0 Å². The normalized spacial score (nSPS) is 37.6. The fraction of sp³-hybridized carbons (Fsp3) is 0.727. The molecular formula is C11H14O4. The molecule has 82 valence electrons. The quantitative estimate of drug-likeness (QED) is 0.563. The van der Waals surface area contributed by atoms with Gasteiger partial charge in [-0.3, -0.25) is 0 Å². The number of fused-ring (bicyclic) bond motifs is 1. The summed E-state index contributed by atoms with van der Waals surface area (Å²) in [6, 6.07) is 0. The summed E-state index contributed by atoms with van der Waals surface area (Å²) in [6.45, 7) is 4.27. The standard InChI is InChI=1S/C11H14O4/c1-11(2)14-8-3-6-5-13-10(12)7(6)4-9(8)15-11/h8-9H,3-5H2,1-2H3/t8-,9+/m1/s1. The fourth-order valence-electron chi connectivity index (χ4n) is 2.58. The molecular weight excluding hydrogens is 196 g/mol. The van der Waals surface area contributed by atoms with Crippen molar-refractivity contribution in [3.05, 3.63) is 11.1 Å². The van der Waals surface area contributed by atoms with E-state index in [1.165, 1.54) is 0 Å². The Labute approximate surface area is 88.2 Å². The molecule has 0 radical (unpaired) electrons. The van der Waals surface area contributed by atoms with Crippen molar-refractivity contribution in [3.63, 3.8) is 0 Å². The van der Waals surface area contributed by atoms with Crippen LogP contribution >= 0.6 is 0 Å². The highest BCUT2D eigenvalue weighted by atomic mass is 16.8. The summed E-state index contributed by atoms with van der Waals surface area (Å²) >= 11 is 0. The molecule has 0 spiro atoms. The van der Waals surface area contributed by atoms with Crippen LogP contribution in [-0.4, -0.2) is 30.6 Å². The number of carbonyl (C=O) groups excluding carboxylic acids is 1. The molecule has 0 unspecified atom stereocenters. The van der Waals surface area contributed by atoms with E-state index in [1.54, 1.807) is 0 Å². The first-order valence-electron chi connectivity index (χ1n) is 5.29. The van der Waals surface area contributed by atoms with Crippen LogP contribution in [0.4, 0.5) is 0 Å². The van der Waals surface area contributed by atoms with Crippen molar-refractivity contribution in [1.82, 2.24) is 0 Å². The maximum atomic E-state index is 11.4. The summed E-state index contributed by atoms with van der Waals surface area (Å²) in [5.41, 5.74) is 1.92. The average Bonchev–Trinajstić information content (AvgIpc) is 2.62. The number of rotatable bonds is 0. The van der Waals surface area contributed by atoms with Crippen molar-refractivity contribution in [1.29, 1.82) is 0 Å². The highest BCUT2D eigenvalue weighted by Gasteiger charge is 2.46. The van der Waals surface area contributed by atoms with Gasteiger partial charge in [0.25, 0.3) is 0 Å². The number of carbonyl (C=O) groups is 1. The molecule has 2 heterocycles. The molecule has 0 bridgehead atoms. The van der Waals surface area contributed by atoms with Gasteiger partial charge in [-0.1, -0.05) is 0 Å². The summed E-state index contributed by atoms with van der Waals surface area (Å²) < 4.78 is 16.5. The van der Waals surface area contributed by atoms with Crippen LogP contribution in [-0.2, 0) is 19.0 Å². The Kier molecular flexibility index (Phi) is 1.77. The van der Waals surface area contributed by atoms with E-state index >= 15 is 0 Å². The maximum absolute atomic E-state index is 11.4. The van der Waals surface area contributed by atoms with Crippen LogP contribution in [0, 0.1) is 0 Å². The SMILES string of the molecule is CC1(C)O[C@H]2CC3=C(COC3=O)C[C@H]2O1. The van der Waals surface area contributed by atoms with Gasteiger partial charge in [0.05, 0.1) is 12.2 Å². The number of ether oxygens (including phenoxy) is 3. The summed E-state index contributed by atoms with van der Waals surface area (Å²) in [5, 5.41) is 0. The molecule has 1 saturated heterocycles. The van der Waals surface area contributed by atoms with E-state index < -0.39 is 5.79 Å². The summed E-state index contributed by atoms with van der Waals surface area (Å²) in [7, 11) is 0. The summed E-state index contributed by atoms with van der Waals surface area (Å²) in [4.78, 5) is 11.4. The van der Waals surface area contributed by atoms with Crippen LogP contribution in [0.15, 0.2) is 11.1 Å². The lowest BCUT2D eigenvalue weighted by Crippen LogP contribution is -2.28. The van der Waals surface area contributed by atoms with E-state index in [0.29, 0.717) is 13.0 Å². The van der Waals surface area contributed by atoms with Crippen LogP contribution in [0.5, 0.6) is 0 Å². The van der Waals surface area contributed by atoms with Crippen molar-refractivity contribution in [2.24, 2.45) is 0 Å². The van der Waals surface area contributed by atoms with Gasteiger partial charge in [0.15, 0.2) is 5.79 Å². The Balaban J connectivity index is 1.85. The van der Waals surface area contributed by atoms with Crippen molar-refractivity contribution in [2.75, 3.05) is 6.61 Å². The molecule has 3 aliphatic rings. The van der Waals surface area contributed by atoms with E-state index in [-0.39, 0.29) is 18.2 Å². The fourth-order valence-corrected chi connectivity index (χ4v) is 2.58. The number of hydrogen-bond donors (Lipinski definition) is 0. The molecule has 0 aromatic carbocycles. The van der Waals surface area contributed by atoms with Gasteiger partial charge >= 0.3 is 5.97 Å². The monoisotopic (exact) mass is 210 g/mol. The third-order valence-electron chi connectivity index (χ3n) is 3.19. The number of cyclic esters (lactones) is 1. The Bertz CT molecular complexity index is 356. The topological polar surface area (TPSA) is 44.8 Å². The summed E-state index contributed by atoms with van der Waals surface area (Å²) in [5.74, 6) is -0.685. The van der Waals surface area contributed by atoms with Gasteiger partial charge in [0.1, 0.15) is 6.61 Å². The first-order chi connectivity index (χ1) is 7.05. The van der Waals surface area contributed by atoms with Crippen molar-refractivity contribution in [3.8, 4) is 0 Å². The molecule has 0 aromatic heterocycles. The van der Waals surface area contributed by atoms with Gasteiger partial charge in [-0.2, -0.15) is 0 Å². The molecule has 1 aliphatic carbocycles. The molecule has 4 nitrogen and oxygen atoms in total. The van der Waals surface area contributed by atoms with E-state index in [1.807, 2.05) is 13.8 Å². The average molecular weight is 210 g/mol. The highest BCUT2D eigenvalue weighted by Crippen LogP contribution is 2.41. The molecule has 0 saturated carbocycles. The Morgan fingerprint density at radius 1 is 1.20 bits per heavy atom. The second-order valence-corrected chi connectivity index (χ2v) is 4.78. The lowest BCUT2D eigenvalue weighted by molar-refractivity contribution is -0.147. The zero-order valence-corrected chi connectivity index (χ0v) is 8.91. The van der Waals surface area contributed by atoms with Crippen LogP contribution in [0.1, 0.15) is 26.7 Å². The molecule has 2 aliphatic heterocycles. The number of esters is 1. The predicted octanol–water partition coefficient (Wildman–Crippen LogP) is 1.15. The zero-order valence-electron chi connectivity index (χ0n) is 8.91. The van der Waals surface area contributed by atoms with Crippen molar-refractivity contribution < 1.29 is 19.0 Å². The van der Waals surface area contributed by atoms with E-state index in [0.717, 1.165) is 17.6 Å². The third-order valence-corrected chi connectivity index (χ3v) is 3.19. The van der Waals surface area contributed by atoms with Gasteiger partial charge in [-0.05, 0) is 19.4 Å². The molecule has 1 fully saturated rings. The molecule has 2 atom stereocenters. The lowest BCUT2D eigenvalue weighted by Gasteiger charge is -2.21. The van der Waals surface area contributed by atoms with Crippen LogP contribution in [0.2, 0.25) is 0 Å². The zero-order chi connectivity index (χ0) is 10.6. The number of hydrogen-bond acceptors (Lipinski definition) is 4. The lowest BCUT2D eigenvalue weighted by atomic mass is 9.89. The van der Waals surface area contributed by atoms with Crippen molar-refractivity contribution in [2.45, 2.75) is 44.7 Å². The second kappa shape index (κ2) is 2.83. The smallest absolute Gasteiger partial charge is 0.334 e. The minimum absolute atomic E-state index is 0.0180. The van der Waals surface area contributed by atoms with Crippen LogP contribution in [0.25, 0.3) is 0 Å². The second-order valence-electron chi connectivity index (χ2n) is 4.78. The van der Waals surface area contributed by atoms with E-state index in [4.69, 9.17) is 14.2 Å². The van der Waals surface area contributed by atoms with Crippen LogP contribution < -0.4 is 0 Å². The Morgan fingerprint density at radius 2 is 1.87 bits per heavy atom. The minimum atomic E-state index is -0.515. The third kappa shape index (κ3) is 1.40. The minimum Gasteiger partial charge on any atom is -0.458 e. The molecule has 0 amide bonds. The maximum Gasteiger partial charge on any atom is 0.334 e. The van der Waals surface area contributed by atoms with E-state index in [2.05, 4.69) is 0 Å². The predicted molar refractivity (Wildman–Crippen MR) is 51.0 cm³/mol. The highest BCUT2D eigenvalue weighted by molar-refractivity contribution is 5.92. The summed E-state index contributed by atoms with van der Waals surface area (Å²) in [6.07, 6.45) is 1.52.